The predicted molar refractivity (Wildman–Crippen MR) is 72.8 cm³/mol. The van der Waals surface area contributed by atoms with Crippen LogP contribution in [-0.2, 0) is 16.6 Å². The van der Waals surface area contributed by atoms with Crippen molar-refractivity contribution < 1.29 is 8.42 Å². The third-order valence-corrected chi connectivity index (χ3v) is 5.81. The van der Waals surface area contributed by atoms with Gasteiger partial charge in [-0.1, -0.05) is 6.42 Å². The van der Waals surface area contributed by atoms with Crippen molar-refractivity contribution in [3.8, 4) is 0 Å². The second kappa shape index (κ2) is 6.12. The third-order valence-electron chi connectivity index (χ3n) is 2.86. The van der Waals surface area contributed by atoms with Crippen LogP contribution in [0.15, 0.2) is 16.3 Å². The van der Waals surface area contributed by atoms with Gasteiger partial charge in [-0.3, -0.25) is 0 Å². The molecule has 5 nitrogen and oxygen atoms in total. The topological polar surface area (TPSA) is 61.4 Å². The second-order valence-electron chi connectivity index (χ2n) is 4.39. The highest BCUT2D eigenvalue weighted by Gasteiger charge is 2.21. The molecule has 1 saturated heterocycles. The van der Waals surface area contributed by atoms with Gasteiger partial charge in [-0.25, -0.2) is 13.4 Å². The lowest BCUT2D eigenvalue weighted by atomic mass is 10.2. The maximum absolute atomic E-state index is 12.2. The van der Waals surface area contributed by atoms with Gasteiger partial charge in [-0.2, -0.15) is 0 Å². The number of nitrogens with zero attached hydrogens (tertiary/aromatic N) is 1. The number of hydrazine groups is 1. The van der Waals surface area contributed by atoms with Crippen molar-refractivity contribution in [2.45, 2.75) is 30.0 Å². The summed E-state index contributed by atoms with van der Waals surface area (Å²) in [5, 5.41) is 4.82. The Kier molecular flexibility index (Phi) is 4.74. The van der Waals surface area contributed by atoms with Gasteiger partial charge < -0.3 is 5.32 Å². The Morgan fingerprint density at radius 2 is 2.00 bits per heavy atom. The molecule has 102 valence electrons. The highest BCUT2D eigenvalue weighted by Crippen LogP contribution is 2.22. The van der Waals surface area contributed by atoms with E-state index >= 15 is 0 Å². The second-order valence-corrected chi connectivity index (χ2v) is 7.45. The Hall–Kier alpha value is -0.470. The van der Waals surface area contributed by atoms with Crippen LogP contribution in [0.1, 0.15) is 24.1 Å². The zero-order valence-corrected chi connectivity index (χ0v) is 12.1. The zero-order chi connectivity index (χ0) is 13.0. The van der Waals surface area contributed by atoms with Crippen molar-refractivity contribution >= 4 is 21.4 Å². The molecule has 1 aromatic heterocycles. The van der Waals surface area contributed by atoms with E-state index in [1.165, 1.54) is 17.8 Å². The molecule has 7 heteroatoms. The number of piperidine rings is 1. The molecular weight excluding hydrogens is 270 g/mol. The molecule has 0 spiro atoms. The van der Waals surface area contributed by atoms with Crippen LogP contribution in [0.25, 0.3) is 0 Å². The number of sulfonamides is 1. The fourth-order valence-electron chi connectivity index (χ4n) is 1.97. The normalized spacial score (nSPS) is 18.1. The first-order valence-corrected chi connectivity index (χ1v) is 8.42. The van der Waals surface area contributed by atoms with Gasteiger partial charge in [-0.15, -0.1) is 16.2 Å². The molecule has 2 heterocycles. The third kappa shape index (κ3) is 3.52. The highest BCUT2D eigenvalue weighted by molar-refractivity contribution is 7.91. The molecule has 0 radical (unpaired) electrons. The van der Waals surface area contributed by atoms with Crippen LogP contribution >= 0.6 is 11.3 Å². The molecule has 0 bridgehead atoms. The minimum atomic E-state index is -3.39. The number of hydrogen-bond acceptors (Lipinski definition) is 5. The van der Waals surface area contributed by atoms with E-state index in [9.17, 15) is 8.42 Å². The van der Waals surface area contributed by atoms with Crippen LogP contribution in [0.2, 0.25) is 0 Å². The average Bonchev–Trinajstić information content (AvgIpc) is 2.80. The van der Waals surface area contributed by atoms with Gasteiger partial charge in [0.2, 0.25) is 0 Å². The summed E-state index contributed by atoms with van der Waals surface area (Å²) in [6.45, 7) is 2.30. The van der Waals surface area contributed by atoms with Gasteiger partial charge in [0.1, 0.15) is 4.21 Å². The maximum atomic E-state index is 12.2. The van der Waals surface area contributed by atoms with Gasteiger partial charge in [0, 0.05) is 24.5 Å². The van der Waals surface area contributed by atoms with Gasteiger partial charge in [-0.05, 0) is 32.0 Å². The van der Waals surface area contributed by atoms with Gasteiger partial charge >= 0.3 is 0 Å². The maximum Gasteiger partial charge on any atom is 0.262 e. The van der Waals surface area contributed by atoms with Crippen LogP contribution in [-0.4, -0.2) is 33.6 Å². The van der Waals surface area contributed by atoms with E-state index in [0.717, 1.165) is 30.8 Å². The van der Waals surface area contributed by atoms with Gasteiger partial charge in [0.15, 0.2) is 0 Å². The minimum Gasteiger partial charge on any atom is -0.315 e. The Labute approximate surface area is 112 Å². The van der Waals surface area contributed by atoms with E-state index in [-0.39, 0.29) is 0 Å². The molecule has 18 heavy (non-hydrogen) atoms. The molecule has 0 atom stereocenters. The molecule has 0 saturated carbocycles. The lowest BCUT2D eigenvalue weighted by molar-refractivity contribution is 0.200. The average molecular weight is 289 g/mol. The number of hydrogen-bond donors (Lipinski definition) is 2. The molecule has 2 rings (SSSR count). The number of thiophene rings is 1. The molecule has 1 aliphatic rings. The highest BCUT2D eigenvalue weighted by atomic mass is 32.2. The Morgan fingerprint density at radius 1 is 1.28 bits per heavy atom. The van der Waals surface area contributed by atoms with Crippen LogP contribution in [0.3, 0.4) is 0 Å². The first kappa shape index (κ1) is 14.0. The molecule has 2 N–H and O–H groups in total. The van der Waals surface area contributed by atoms with E-state index in [2.05, 4.69) is 10.1 Å². The summed E-state index contributed by atoms with van der Waals surface area (Å²) >= 11 is 1.31. The smallest absolute Gasteiger partial charge is 0.262 e. The summed E-state index contributed by atoms with van der Waals surface area (Å²) in [7, 11) is -1.54. The van der Waals surface area contributed by atoms with Crippen molar-refractivity contribution in [1.29, 1.82) is 0 Å². The molecule has 1 fully saturated rings. The van der Waals surface area contributed by atoms with E-state index in [4.69, 9.17) is 0 Å². The molecule has 0 unspecified atom stereocenters. The largest absolute Gasteiger partial charge is 0.315 e. The van der Waals surface area contributed by atoms with Gasteiger partial charge in [0.05, 0.1) is 0 Å². The Balaban J connectivity index is 2.04. The lowest BCUT2D eigenvalue weighted by Crippen LogP contribution is -2.44. The summed E-state index contributed by atoms with van der Waals surface area (Å²) in [4.78, 5) is 3.69. The summed E-state index contributed by atoms with van der Waals surface area (Å²) in [5.41, 5.74) is 0. The van der Waals surface area contributed by atoms with Crippen LogP contribution in [0.5, 0.6) is 0 Å². The van der Waals surface area contributed by atoms with E-state index in [0.29, 0.717) is 10.8 Å². The van der Waals surface area contributed by atoms with Crippen molar-refractivity contribution in [1.82, 2.24) is 15.2 Å². The van der Waals surface area contributed by atoms with E-state index < -0.39 is 10.0 Å². The van der Waals surface area contributed by atoms with Crippen molar-refractivity contribution in [3.05, 3.63) is 17.0 Å². The first-order valence-electron chi connectivity index (χ1n) is 6.12. The van der Waals surface area contributed by atoms with E-state index in [1.54, 1.807) is 11.1 Å². The first-order chi connectivity index (χ1) is 8.62. The van der Waals surface area contributed by atoms with Crippen molar-refractivity contribution in [3.63, 3.8) is 0 Å². The van der Waals surface area contributed by atoms with Gasteiger partial charge in [0.25, 0.3) is 10.0 Å². The molecule has 0 amide bonds. The summed E-state index contributed by atoms with van der Waals surface area (Å²) in [5.74, 6) is 0. The fourth-order valence-corrected chi connectivity index (χ4v) is 4.45. The lowest BCUT2D eigenvalue weighted by Gasteiger charge is -2.26. The predicted octanol–water partition coefficient (Wildman–Crippen LogP) is 1.15. The number of rotatable bonds is 5. The van der Waals surface area contributed by atoms with Crippen LogP contribution < -0.4 is 10.1 Å². The number of nitrogens with one attached hydrogen (secondary N) is 2. The molecule has 1 aromatic rings. The molecule has 1 aliphatic heterocycles. The monoisotopic (exact) mass is 289 g/mol. The SMILES string of the molecule is CNCc1ccc(S(=O)(=O)NN2CCCCC2)s1. The van der Waals surface area contributed by atoms with Crippen molar-refractivity contribution in [2.24, 2.45) is 0 Å². The molecular formula is C11H19N3O2S2. The summed E-state index contributed by atoms with van der Waals surface area (Å²) < 4.78 is 24.7. The fraction of sp³-hybridized carbons (Fsp3) is 0.636. The van der Waals surface area contributed by atoms with Crippen LogP contribution in [0, 0.1) is 0 Å². The van der Waals surface area contributed by atoms with Crippen LogP contribution in [0.4, 0.5) is 0 Å². The zero-order valence-electron chi connectivity index (χ0n) is 10.5. The van der Waals surface area contributed by atoms with E-state index in [1.807, 2.05) is 13.1 Å². The summed E-state index contributed by atoms with van der Waals surface area (Å²) in [6, 6.07) is 3.52. The summed E-state index contributed by atoms with van der Waals surface area (Å²) in [6.07, 6.45) is 3.29. The quantitative estimate of drug-likeness (QED) is 0.853. The Bertz CT molecular complexity index is 478. The molecule has 0 aliphatic carbocycles. The minimum absolute atomic E-state index is 0.387. The van der Waals surface area contributed by atoms with Crippen molar-refractivity contribution in [2.75, 3.05) is 20.1 Å². The Morgan fingerprint density at radius 3 is 2.67 bits per heavy atom. The molecule has 0 aromatic carbocycles. The standard InChI is InChI=1S/C11H19N3O2S2/c1-12-9-10-5-6-11(17-10)18(15,16)13-14-7-3-2-4-8-14/h5-6,12-13H,2-4,7-9H2,1H3.